The van der Waals surface area contributed by atoms with E-state index in [1.807, 2.05) is 4.90 Å². The van der Waals surface area contributed by atoms with Crippen molar-refractivity contribution in [3.8, 4) is 0 Å². The summed E-state index contributed by atoms with van der Waals surface area (Å²) in [5.41, 5.74) is 0. The number of ether oxygens (including phenoxy) is 3. The summed E-state index contributed by atoms with van der Waals surface area (Å²) in [5, 5.41) is 0.410. The molecule has 0 aromatic heterocycles. The highest BCUT2D eigenvalue weighted by Crippen LogP contribution is 2.37. The Labute approximate surface area is 128 Å². The van der Waals surface area contributed by atoms with Crippen molar-refractivity contribution in [2.45, 2.75) is 50.9 Å². The van der Waals surface area contributed by atoms with Gasteiger partial charge in [0.25, 0.3) is 5.17 Å². The first kappa shape index (κ1) is 14.6. The zero-order chi connectivity index (χ0) is 15.0. The van der Waals surface area contributed by atoms with Crippen LogP contribution in [0.1, 0.15) is 32.6 Å². The van der Waals surface area contributed by atoms with Gasteiger partial charge in [0, 0.05) is 25.9 Å². The second kappa shape index (κ2) is 5.79. The molecule has 3 rings (SSSR count). The molecule has 6 nitrogen and oxygen atoms in total. The molecule has 0 bridgehead atoms. The quantitative estimate of drug-likeness (QED) is 0.529. The molecule has 3 saturated heterocycles. The summed E-state index contributed by atoms with van der Waals surface area (Å²) in [4.78, 5) is 25.6. The second-order valence-corrected chi connectivity index (χ2v) is 6.08. The fourth-order valence-corrected chi connectivity index (χ4v) is 3.85. The van der Waals surface area contributed by atoms with Crippen molar-refractivity contribution in [2.75, 3.05) is 13.2 Å². The van der Waals surface area contributed by atoms with Gasteiger partial charge in [0.15, 0.2) is 6.10 Å². The molecular formula is C14H19NO5S. The van der Waals surface area contributed by atoms with Crippen molar-refractivity contribution in [3.63, 3.8) is 0 Å². The molecule has 0 aromatic carbocycles. The summed E-state index contributed by atoms with van der Waals surface area (Å²) in [6, 6.07) is -0.00587. The maximum absolute atomic E-state index is 12.3. The predicted octanol–water partition coefficient (Wildman–Crippen LogP) is 1.02. The minimum Gasteiger partial charge on any atom is -0.465 e. The van der Waals surface area contributed by atoms with Crippen LogP contribution in [0, 0.1) is 5.92 Å². The zero-order valence-electron chi connectivity index (χ0n) is 11.9. The zero-order valence-corrected chi connectivity index (χ0v) is 12.8. The number of hydrogen-bond donors (Lipinski definition) is 0. The van der Waals surface area contributed by atoms with E-state index in [0.717, 1.165) is 25.8 Å². The molecule has 21 heavy (non-hydrogen) atoms. The third-order valence-electron chi connectivity index (χ3n) is 4.39. The third kappa shape index (κ3) is 2.71. The Morgan fingerprint density at radius 2 is 2.19 bits per heavy atom. The van der Waals surface area contributed by atoms with Crippen molar-refractivity contribution >= 4 is 29.3 Å². The van der Waals surface area contributed by atoms with Crippen molar-refractivity contribution in [2.24, 2.45) is 5.92 Å². The number of fused-ring (bicyclic) bond motifs is 3. The fraction of sp³-hybridized carbons (Fsp3) is 0.786. The summed E-state index contributed by atoms with van der Waals surface area (Å²) in [5.74, 6) is -1.09. The number of piperidine rings is 1. The number of carbonyl (C=O) groups excluding carboxylic acids is 2. The van der Waals surface area contributed by atoms with Crippen LogP contribution in [0.15, 0.2) is 0 Å². The smallest absolute Gasteiger partial charge is 0.314 e. The van der Waals surface area contributed by atoms with E-state index >= 15 is 0 Å². The Balaban J connectivity index is 1.90. The first-order valence-corrected chi connectivity index (χ1v) is 7.80. The molecule has 3 aliphatic heterocycles. The first-order valence-electron chi connectivity index (χ1n) is 7.39. The lowest BCUT2D eigenvalue weighted by Gasteiger charge is -2.47. The Bertz CT molecular complexity index is 468. The Morgan fingerprint density at radius 1 is 1.38 bits per heavy atom. The van der Waals surface area contributed by atoms with E-state index in [4.69, 9.17) is 26.4 Å². The molecule has 0 aromatic rings. The molecule has 7 heteroatoms. The van der Waals surface area contributed by atoms with Crippen LogP contribution in [0.2, 0.25) is 0 Å². The molecule has 0 spiro atoms. The molecule has 4 atom stereocenters. The highest BCUT2D eigenvalue weighted by atomic mass is 32.1. The van der Waals surface area contributed by atoms with Crippen LogP contribution >= 0.6 is 12.2 Å². The summed E-state index contributed by atoms with van der Waals surface area (Å²) >= 11 is 5.33. The standard InChI is InChI=1S/C14H19NO5S/c1-8(16)19-10-5-7-18-13(17)11-9-4-2-3-6-15(9)14(21)20-12(10)11/h9-12H,2-7H2,1H3/t9-,10+,11-,12-/m1/s1. The van der Waals surface area contributed by atoms with Gasteiger partial charge in [-0.05, 0) is 31.5 Å². The lowest BCUT2D eigenvalue weighted by Crippen LogP contribution is -2.61. The minimum absolute atomic E-state index is 0.00587. The monoisotopic (exact) mass is 313 g/mol. The van der Waals surface area contributed by atoms with E-state index in [2.05, 4.69) is 0 Å². The van der Waals surface area contributed by atoms with E-state index < -0.39 is 18.1 Å². The van der Waals surface area contributed by atoms with Gasteiger partial charge in [-0.25, -0.2) is 0 Å². The van der Waals surface area contributed by atoms with Crippen molar-refractivity contribution in [3.05, 3.63) is 0 Å². The molecule has 0 amide bonds. The van der Waals surface area contributed by atoms with Crippen LogP contribution in [-0.4, -0.2) is 53.4 Å². The third-order valence-corrected chi connectivity index (χ3v) is 4.72. The molecule has 0 radical (unpaired) electrons. The number of esters is 2. The summed E-state index contributed by atoms with van der Waals surface area (Å²) < 4.78 is 16.4. The van der Waals surface area contributed by atoms with Crippen LogP contribution in [0.3, 0.4) is 0 Å². The van der Waals surface area contributed by atoms with Crippen LogP contribution in [-0.2, 0) is 23.8 Å². The topological polar surface area (TPSA) is 65.1 Å². The largest absolute Gasteiger partial charge is 0.465 e. The molecule has 116 valence electrons. The van der Waals surface area contributed by atoms with E-state index in [1.165, 1.54) is 6.92 Å². The number of nitrogens with zero attached hydrogens (tertiary/aromatic N) is 1. The Kier molecular flexibility index (Phi) is 4.01. The molecule has 3 fully saturated rings. The fourth-order valence-electron chi connectivity index (χ4n) is 3.51. The number of thiocarbonyl (C=S) groups is 1. The summed E-state index contributed by atoms with van der Waals surface area (Å²) in [6.45, 7) is 2.40. The maximum atomic E-state index is 12.3. The average molecular weight is 313 g/mol. The number of hydrogen-bond acceptors (Lipinski definition) is 6. The normalized spacial score (nSPS) is 35.8. The van der Waals surface area contributed by atoms with Gasteiger partial charge < -0.3 is 19.1 Å². The molecule has 3 heterocycles. The highest BCUT2D eigenvalue weighted by molar-refractivity contribution is 7.80. The summed E-state index contributed by atoms with van der Waals surface area (Å²) in [6.07, 6.45) is 2.41. The van der Waals surface area contributed by atoms with E-state index in [0.29, 0.717) is 11.6 Å². The SMILES string of the molecule is CC(=O)O[C@H]1CCOC(=O)[C@H]2[C@@H]1OC(=S)N1CCCC[C@H]21. The highest BCUT2D eigenvalue weighted by Gasteiger charge is 2.52. The lowest BCUT2D eigenvalue weighted by atomic mass is 9.83. The molecule has 0 N–H and O–H groups in total. The first-order chi connectivity index (χ1) is 10.1. The van der Waals surface area contributed by atoms with Gasteiger partial charge >= 0.3 is 11.9 Å². The Morgan fingerprint density at radius 3 is 2.95 bits per heavy atom. The van der Waals surface area contributed by atoms with E-state index in [1.54, 1.807) is 0 Å². The van der Waals surface area contributed by atoms with Gasteiger partial charge in [-0.3, -0.25) is 9.59 Å². The van der Waals surface area contributed by atoms with Crippen LogP contribution in [0.4, 0.5) is 0 Å². The van der Waals surface area contributed by atoms with Gasteiger partial charge in [0.2, 0.25) is 0 Å². The lowest BCUT2D eigenvalue weighted by molar-refractivity contribution is -0.165. The number of carbonyl (C=O) groups is 2. The minimum atomic E-state index is -0.532. The van der Waals surface area contributed by atoms with Gasteiger partial charge in [-0.15, -0.1) is 0 Å². The Hall–Kier alpha value is -1.37. The predicted molar refractivity (Wildman–Crippen MR) is 76.4 cm³/mol. The maximum Gasteiger partial charge on any atom is 0.314 e. The van der Waals surface area contributed by atoms with Crippen LogP contribution < -0.4 is 0 Å². The number of cyclic esters (lactones) is 1. The van der Waals surface area contributed by atoms with Gasteiger partial charge in [-0.2, -0.15) is 0 Å². The molecule has 3 aliphatic rings. The molecule has 0 unspecified atom stereocenters. The van der Waals surface area contributed by atoms with Gasteiger partial charge in [0.05, 0.1) is 6.61 Å². The van der Waals surface area contributed by atoms with E-state index in [-0.39, 0.29) is 24.6 Å². The second-order valence-electron chi connectivity index (χ2n) is 5.73. The molecule has 0 aliphatic carbocycles. The molecular weight excluding hydrogens is 294 g/mol. The van der Waals surface area contributed by atoms with Gasteiger partial charge in [-0.1, -0.05) is 0 Å². The van der Waals surface area contributed by atoms with Crippen molar-refractivity contribution < 1.29 is 23.8 Å². The molecule has 0 saturated carbocycles. The average Bonchev–Trinajstić information content (AvgIpc) is 2.59. The van der Waals surface area contributed by atoms with Crippen molar-refractivity contribution in [1.82, 2.24) is 4.90 Å². The van der Waals surface area contributed by atoms with Crippen molar-refractivity contribution in [1.29, 1.82) is 0 Å². The van der Waals surface area contributed by atoms with Gasteiger partial charge in [0.1, 0.15) is 12.0 Å². The summed E-state index contributed by atoms with van der Waals surface area (Å²) in [7, 11) is 0. The number of rotatable bonds is 1. The van der Waals surface area contributed by atoms with Crippen LogP contribution in [0.25, 0.3) is 0 Å². The van der Waals surface area contributed by atoms with E-state index in [9.17, 15) is 9.59 Å². The van der Waals surface area contributed by atoms with Crippen LogP contribution in [0.5, 0.6) is 0 Å².